The standard InChI is InChI=1S/C34H65N3O5S/c1-23(2)31(42-43(39,40)41)12-9-24(3)27-10-11-28-32-29(14-16-34(27,28)5)33(4)15-13-26(21-25(33)22-30(32)38)37-20-8-19-36-18-7-6-17-35/h23-32,36-38H,6-22,35H2,1-5H3,(H,39,40,41)/t24-,25-,26+,27-,28?,29?,30-,31?,32?,33+,34-/m1/s1. The average molecular weight is 628 g/mol. The van der Waals surface area contributed by atoms with Crippen molar-refractivity contribution >= 4 is 10.4 Å². The number of fused-ring (bicyclic) bond motifs is 5. The molecule has 0 spiro atoms. The van der Waals surface area contributed by atoms with Crippen LogP contribution in [0.2, 0.25) is 0 Å². The SMILES string of the molecule is CC(C)C(CC[C@@H](C)[C@H]1CCC2C3C(CC[C@@]21C)[C@@]1(C)CC[C@H](NCCCNCCCCN)C[C@@H]1C[C@H]3O)OS(=O)(=O)O. The Bertz CT molecular complexity index is 981. The van der Waals surface area contributed by atoms with Crippen molar-refractivity contribution in [1.82, 2.24) is 10.6 Å². The molecule has 0 saturated heterocycles. The van der Waals surface area contributed by atoms with Crippen LogP contribution in [0.1, 0.15) is 118 Å². The van der Waals surface area contributed by atoms with Crippen LogP contribution in [0.3, 0.4) is 0 Å². The molecule has 0 aromatic heterocycles. The van der Waals surface area contributed by atoms with Gasteiger partial charge >= 0.3 is 10.4 Å². The minimum atomic E-state index is -4.45. The molecule has 6 N–H and O–H groups in total. The van der Waals surface area contributed by atoms with Crippen molar-refractivity contribution in [3.63, 3.8) is 0 Å². The van der Waals surface area contributed by atoms with E-state index in [2.05, 4.69) is 31.4 Å². The largest absolute Gasteiger partial charge is 0.397 e. The summed E-state index contributed by atoms with van der Waals surface area (Å²) >= 11 is 0. The fraction of sp³-hybridized carbons (Fsp3) is 1.00. The molecule has 4 fully saturated rings. The first kappa shape index (κ1) is 35.6. The van der Waals surface area contributed by atoms with Crippen LogP contribution in [0.5, 0.6) is 0 Å². The zero-order valence-electron chi connectivity index (χ0n) is 27.9. The van der Waals surface area contributed by atoms with Gasteiger partial charge in [-0.3, -0.25) is 4.55 Å². The van der Waals surface area contributed by atoms with E-state index >= 15 is 0 Å². The van der Waals surface area contributed by atoms with Gasteiger partial charge in [0.15, 0.2) is 0 Å². The topological polar surface area (TPSA) is 134 Å². The van der Waals surface area contributed by atoms with E-state index in [0.717, 1.165) is 58.3 Å². The Morgan fingerprint density at radius 3 is 2.30 bits per heavy atom. The summed E-state index contributed by atoms with van der Waals surface area (Å²) in [5.41, 5.74) is 6.13. The van der Waals surface area contributed by atoms with Gasteiger partial charge in [-0.25, -0.2) is 4.18 Å². The highest BCUT2D eigenvalue weighted by Gasteiger charge is 2.62. The van der Waals surface area contributed by atoms with E-state index in [1.54, 1.807) is 0 Å². The van der Waals surface area contributed by atoms with E-state index in [1.807, 2.05) is 13.8 Å². The lowest BCUT2D eigenvalue weighted by molar-refractivity contribution is -0.167. The Kier molecular flexibility index (Phi) is 12.5. The second-order valence-electron chi connectivity index (χ2n) is 15.9. The number of aliphatic hydroxyl groups is 1. The van der Waals surface area contributed by atoms with Crippen LogP contribution in [0.15, 0.2) is 0 Å². The maximum Gasteiger partial charge on any atom is 0.397 e. The molecule has 0 bridgehead atoms. The van der Waals surface area contributed by atoms with Crippen LogP contribution in [0.25, 0.3) is 0 Å². The number of hydrogen-bond donors (Lipinski definition) is 5. The third kappa shape index (κ3) is 8.36. The van der Waals surface area contributed by atoms with E-state index in [-0.39, 0.29) is 17.4 Å². The Labute approximate surface area is 263 Å². The zero-order valence-corrected chi connectivity index (χ0v) is 28.7. The lowest BCUT2D eigenvalue weighted by Crippen LogP contribution is -2.59. The van der Waals surface area contributed by atoms with Crippen molar-refractivity contribution < 1.29 is 22.3 Å². The molecule has 4 aliphatic carbocycles. The van der Waals surface area contributed by atoms with Crippen molar-refractivity contribution in [2.24, 2.45) is 58.0 Å². The minimum absolute atomic E-state index is 0.0152. The van der Waals surface area contributed by atoms with Gasteiger partial charge in [0.1, 0.15) is 0 Å². The molecule has 9 heteroatoms. The Balaban J connectivity index is 1.32. The molecule has 4 saturated carbocycles. The van der Waals surface area contributed by atoms with Crippen LogP contribution < -0.4 is 16.4 Å². The number of aliphatic hydroxyl groups excluding tert-OH is 1. The highest BCUT2D eigenvalue weighted by atomic mass is 32.3. The molecule has 4 aliphatic rings. The summed E-state index contributed by atoms with van der Waals surface area (Å²) < 4.78 is 37.1. The number of rotatable bonds is 16. The van der Waals surface area contributed by atoms with Crippen LogP contribution in [0, 0.1) is 52.3 Å². The fourth-order valence-corrected chi connectivity index (χ4v) is 11.3. The van der Waals surface area contributed by atoms with Crippen LogP contribution in [-0.2, 0) is 14.6 Å². The van der Waals surface area contributed by atoms with Gasteiger partial charge < -0.3 is 21.5 Å². The van der Waals surface area contributed by atoms with Gasteiger partial charge in [0.05, 0.1) is 12.2 Å². The molecule has 0 aromatic rings. The summed E-state index contributed by atoms with van der Waals surface area (Å²) in [6, 6.07) is 0.573. The summed E-state index contributed by atoms with van der Waals surface area (Å²) in [5.74, 6) is 3.21. The van der Waals surface area contributed by atoms with Crippen molar-refractivity contribution in [3.05, 3.63) is 0 Å². The molecule has 0 aromatic carbocycles. The third-order valence-corrected chi connectivity index (χ3v) is 13.6. The molecule has 0 heterocycles. The van der Waals surface area contributed by atoms with Crippen LogP contribution >= 0.6 is 0 Å². The molecule has 4 rings (SSSR count). The molecule has 0 radical (unpaired) electrons. The van der Waals surface area contributed by atoms with E-state index in [9.17, 15) is 18.1 Å². The summed E-state index contributed by atoms with van der Waals surface area (Å²) in [6.07, 6.45) is 13.7. The fourth-order valence-electron chi connectivity index (χ4n) is 10.7. The number of nitrogens with two attached hydrogens (primary N) is 1. The van der Waals surface area contributed by atoms with Gasteiger partial charge in [0.25, 0.3) is 0 Å². The molecule has 252 valence electrons. The molecule has 8 nitrogen and oxygen atoms in total. The predicted molar refractivity (Wildman–Crippen MR) is 174 cm³/mol. The molecule has 0 aliphatic heterocycles. The van der Waals surface area contributed by atoms with Crippen molar-refractivity contribution in [1.29, 1.82) is 0 Å². The quantitative estimate of drug-likeness (QED) is 0.111. The molecule has 4 unspecified atom stereocenters. The van der Waals surface area contributed by atoms with Gasteiger partial charge in [-0.15, -0.1) is 0 Å². The van der Waals surface area contributed by atoms with E-state index < -0.39 is 16.5 Å². The van der Waals surface area contributed by atoms with Gasteiger partial charge in [-0.1, -0.05) is 34.6 Å². The summed E-state index contributed by atoms with van der Waals surface area (Å²) in [4.78, 5) is 0. The second-order valence-corrected chi connectivity index (χ2v) is 17.0. The summed E-state index contributed by atoms with van der Waals surface area (Å²) in [6.45, 7) is 15.3. The highest BCUT2D eigenvalue weighted by molar-refractivity contribution is 7.80. The lowest BCUT2D eigenvalue weighted by atomic mass is 9.43. The van der Waals surface area contributed by atoms with Gasteiger partial charge in [0.2, 0.25) is 0 Å². The Hall–Kier alpha value is -0.290. The molecule has 43 heavy (non-hydrogen) atoms. The second kappa shape index (κ2) is 15.1. The number of unbranched alkanes of at least 4 members (excludes halogenated alkanes) is 1. The normalized spacial score (nSPS) is 39.2. The van der Waals surface area contributed by atoms with Crippen molar-refractivity contribution in [2.45, 2.75) is 136 Å². The zero-order chi connectivity index (χ0) is 31.4. The van der Waals surface area contributed by atoms with Crippen LogP contribution in [0.4, 0.5) is 0 Å². The maximum absolute atomic E-state index is 11.8. The Morgan fingerprint density at radius 2 is 1.60 bits per heavy atom. The third-order valence-electron chi connectivity index (χ3n) is 13.1. The smallest absolute Gasteiger partial charge is 0.393 e. The molecular weight excluding hydrogens is 562 g/mol. The predicted octanol–water partition coefficient (Wildman–Crippen LogP) is 5.55. The first-order chi connectivity index (χ1) is 20.3. The van der Waals surface area contributed by atoms with Gasteiger partial charge in [-0.2, -0.15) is 8.42 Å². The molecule has 11 atom stereocenters. The van der Waals surface area contributed by atoms with Crippen molar-refractivity contribution in [2.75, 3.05) is 26.2 Å². The first-order valence-corrected chi connectivity index (χ1v) is 19.1. The lowest BCUT2D eigenvalue weighted by Gasteiger charge is -2.62. The highest BCUT2D eigenvalue weighted by Crippen LogP contribution is 2.68. The number of hydrogen-bond acceptors (Lipinski definition) is 7. The van der Waals surface area contributed by atoms with Gasteiger partial charge in [-0.05, 0) is 162 Å². The number of nitrogens with one attached hydrogen (secondary N) is 2. The van der Waals surface area contributed by atoms with Crippen LogP contribution in [-0.4, -0.2) is 62.5 Å². The molecule has 0 amide bonds. The minimum Gasteiger partial charge on any atom is -0.393 e. The van der Waals surface area contributed by atoms with Gasteiger partial charge in [0, 0.05) is 6.04 Å². The average Bonchev–Trinajstić information content (AvgIpc) is 3.29. The molecular formula is C34H65N3O5S. The van der Waals surface area contributed by atoms with E-state index in [0.29, 0.717) is 53.4 Å². The monoisotopic (exact) mass is 627 g/mol. The van der Waals surface area contributed by atoms with Crippen molar-refractivity contribution in [3.8, 4) is 0 Å². The van der Waals surface area contributed by atoms with E-state index in [1.165, 1.54) is 44.9 Å². The summed E-state index contributed by atoms with van der Waals surface area (Å²) in [7, 11) is -4.45. The Morgan fingerprint density at radius 1 is 0.907 bits per heavy atom. The maximum atomic E-state index is 11.8. The van der Waals surface area contributed by atoms with E-state index in [4.69, 9.17) is 9.92 Å². The first-order valence-electron chi connectivity index (χ1n) is 17.8. The summed E-state index contributed by atoms with van der Waals surface area (Å²) in [5, 5.41) is 19.2.